The first-order valence-corrected chi connectivity index (χ1v) is 6.47. The molecule has 1 fully saturated rings. The fourth-order valence-electron chi connectivity index (χ4n) is 1.31. The zero-order chi connectivity index (χ0) is 10.9. The Balaban J connectivity index is 2.55. The molecule has 1 aliphatic carbocycles. The number of carbonyl (C=O) groups is 2. The Bertz CT molecular complexity index is 358. The molecular formula is C7H10O5S2. The second-order valence-electron chi connectivity index (χ2n) is 3.24. The Morgan fingerprint density at radius 3 is 2.71 bits per heavy atom. The standard InChI is InChI=1S/C7H10O5S2/c1-4(8)2-3-5-6(9)7(5)14(11,13)12-10/h5,7,10H,2-3H2,1H3. The van der Waals surface area contributed by atoms with Crippen LogP contribution in [0.25, 0.3) is 0 Å². The van der Waals surface area contributed by atoms with Crippen LogP contribution in [-0.2, 0) is 33.9 Å². The first kappa shape index (κ1) is 11.7. The van der Waals surface area contributed by atoms with Crippen LogP contribution in [0.1, 0.15) is 19.8 Å². The largest absolute Gasteiger partial charge is 0.300 e. The Morgan fingerprint density at radius 1 is 1.71 bits per heavy atom. The number of carbonyl (C=O) groups excluding carboxylic acids is 2. The van der Waals surface area contributed by atoms with Crippen LogP contribution in [0.15, 0.2) is 0 Å². The highest BCUT2D eigenvalue weighted by molar-refractivity contribution is 8.31. The topological polar surface area (TPSA) is 80.7 Å². The molecule has 0 heterocycles. The first-order valence-electron chi connectivity index (χ1n) is 4.00. The quantitative estimate of drug-likeness (QED) is 0.539. The van der Waals surface area contributed by atoms with E-state index < -0.39 is 19.9 Å². The number of hydrogen-bond acceptors (Lipinski definition) is 6. The van der Waals surface area contributed by atoms with E-state index in [4.69, 9.17) is 5.26 Å². The van der Waals surface area contributed by atoms with Gasteiger partial charge in [0.15, 0.2) is 14.6 Å². The number of rotatable bonds is 5. The lowest BCUT2D eigenvalue weighted by molar-refractivity contribution is -0.125. The Kier molecular flexibility index (Phi) is 3.36. The predicted octanol–water partition coefficient (Wildman–Crippen LogP) is 0.0740. The van der Waals surface area contributed by atoms with Crippen molar-refractivity contribution in [2.45, 2.75) is 25.0 Å². The van der Waals surface area contributed by atoms with Gasteiger partial charge in [0.2, 0.25) is 0 Å². The molecular weight excluding hydrogens is 228 g/mol. The Labute approximate surface area is 86.2 Å². The van der Waals surface area contributed by atoms with Gasteiger partial charge in [-0.25, -0.2) is 9.47 Å². The molecule has 14 heavy (non-hydrogen) atoms. The summed E-state index contributed by atoms with van der Waals surface area (Å²) in [5.41, 5.74) is 0. The zero-order valence-corrected chi connectivity index (χ0v) is 9.10. The third-order valence-electron chi connectivity index (χ3n) is 2.12. The summed E-state index contributed by atoms with van der Waals surface area (Å²) in [5, 5.41) is 7.30. The molecule has 0 bridgehead atoms. The average Bonchev–Trinajstić information content (AvgIpc) is 2.74. The maximum Gasteiger partial charge on any atom is 0.184 e. The van der Waals surface area contributed by atoms with Crippen molar-refractivity contribution >= 4 is 31.5 Å². The summed E-state index contributed by atoms with van der Waals surface area (Å²) in [6, 6.07) is 0. The van der Waals surface area contributed by atoms with Gasteiger partial charge >= 0.3 is 0 Å². The molecule has 3 unspecified atom stereocenters. The van der Waals surface area contributed by atoms with Crippen molar-refractivity contribution < 1.29 is 23.4 Å². The van der Waals surface area contributed by atoms with Crippen LogP contribution in [-0.4, -0.2) is 26.3 Å². The van der Waals surface area contributed by atoms with Crippen LogP contribution in [0.5, 0.6) is 0 Å². The van der Waals surface area contributed by atoms with E-state index in [1.807, 2.05) is 0 Å². The van der Waals surface area contributed by atoms with Crippen molar-refractivity contribution in [3.63, 3.8) is 0 Å². The van der Waals surface area contributed by atoms with Crippen LogP contribution in [0, 0.1) is 5.92 Å². The Hall–Kier alpha value is -0.370. The summed E-state index contributed by atoms with van der Waals surface area (Å²) in [7, 11) is -3.34. The normalized spacial score (nSPS) is 29.7. The van der Waals surface area contributed by atoms with Gasteiger partial charge in [-0.3, -0.25) is 4.79 Å². The Morgan fingerprint density at radius 2 is 2.29 bits per heavy atom. The van der Waals surface area contributed by atoms with Crippen molar-refractivity contribution in [3.05, 3.63) is 0 Å². The van der Waals surface area contributed by atoms with Gasteiger partial charge in [-0.2, -0.15) is 0 Å². The molecule has 0 radical (unpaired) electrons. The predicted molar refractivity (Wildman–Crippen MR) is 51.4 cm³/mol. The molecule has 80 valence electrons. The van der Waals surface area contributed by atoms with Gasteiger partial charge < -0.3 is 4.79 Å². The van der Waals surface area contributed by atoms with Crippen molar-refractivity contribution in [3.8, 4) is 0 Å². The molecule has 1 aliphatic rings. The molecule has 0 aromatic carbocycles. The molecule has 0 spiro atoms. The highest BCUT2D eigenvalue weighted by Gasteiger charge is 2.56. The first-order chi connectivity index (χ1) is 6.40. The van der Waals surface area contributed by atoms with Crippen LogP contribution in [0.2, 0.25) is 0 Å². The van der Waals surface area contributed by atoms with Crippen LogP contribution >= 0.6 is 0 Å². The second kappa shape index (κ2) is 4.01. The third-order valence-corrected chi connectivity index (χ3v) is 4.32. The summed E-state index contributed by atoms with van der Waals surface area (Å²) < 4.78 is 14.8. The number of Topliss-reactive ketones (excluding diaryl/α,β-unsaturated/α-hetero) is 2. The SMILES string of the molecule is CC(=O)CCC1C(=O)C1S(=O)(=S)OO. The summed E-state index contributed by atoms with van der Waals surface area (Å²) in [4.78, 5) is 21.7. The van der Waals surface area contributed by atoms with E-state index in [2.05, 4.69) is 15.5 Å². The van der Waals surface area contributed by atoms with Gasteiger partial charge in [0.05, 0.1) is 0 Å². The van der Waals surface area contributed by atoms with Crippen LogP contribution in [0.4, 0.5) is 0 Å². The highest BCUT2D eigenvalue weighted by Crippen LogP contribution is 2.37. The summed E-state index contributed by atoms with van der Waals surface area (Å²) >= 11 is 4.41. The summed E-state index contributed by atoms with van der Waals surface area (Å²) in [6.07, 6.45) is 0.582. The summed E-state index contributed by atoms with van der Waals surface area (Å²) in [5.74, 6) is -0.819. The third kappa shape index (κ3) is 2.35. The van der Waals surface area contributed by atoms with Crippen molar-refractivity contribution in [1.29, 1.82) is 0 Å². The minimum absolute atomic E-state index is 0.0377. The smallest absolute Gasteiger partial charge is 0.184 e. The lowest BCUT2D eigenvalue weighted by Gasteiger charge is -1.97. The highest BCUT2D eigenvalue weighted by atomic mass is 32.8. The monoisotopic (exact) mass is 238 g/mol. The van der Waals surface area contributed by atoms with Crippen molar-refractivity contribution in [2.75, 3.05) is 0 Å². The fraction of sp³-hybridized carbons (Fsp3) is 0.714. The minimum atomic E-state index is -3.34. The van der Waals surface area contributed by atoms with Crippen molar-refractivity contribution in [2.24, 2.45) is 5.92 Å². The van der Waals surface area contributed by atoms with Gasteiger partial charge in [-0.05, 0) is 13.3 Å². The van der Waals surface area contributed by atoms with Crippen molar-refractivity contribution in [1.82, 2.24) is 0 Å². The minimum Gasteiger partial charge on any atom is -0.300 e. The molecule has 1 N–H and O–H groups in total. The lowest BCUT2D eigenvalue weighted by atomic mass is 10.2. The maximum absolute atomic E-state index is 11.2. The van der Waals surface area contributed by atoms with E-state index in [1.54, 1.807) is 0 Å². The fourth-order valence-corrected chi connectivity index (χ4v) is 3.14. The average molecular weight is 238 g/mol. The lowest BCUT2D eigenvalue weighted by Crippen LogP contribution is -2.10. The molecule has 0 aliphatic heterocycles. The van der Waals surface area contributed by atoms with Crippen LogP contribution < -0.4 is 0 Å². The molecule has 0 aromatic rings. The van der Waals surface area contributed by atoms with E-state index in [0.717, 1.165) is 0 Å². The molecule has 5 nitrogen and oxygen atoms in total. The van der Waals surface area contributed by atoms with Gasteiger partial charge in [-0.15, -0.1) is 4.33 Å². The molecule has 0 saturated heterocycles. The van der Waals surface area contributed by atoms with E-state index in [0.29, 0.717) is 6.42 Å². The maximum atomic E-state index is 11.2. The molecule has 3 atom stereocenters. The van der Waals surface area contributed by atoms with E-state index >= 15 is 0 Å². The second-order valence-corrected chi connectivity index (χ2v) is 6.27. The molecule has 0 amide bonds. The van der Waals surface area contributed by atoms with E-state index in [9.17, 15) is 13.8 Å². The van der Waals surface area contributed by atoms with Gasteiger partial charge in [0, 0.05) is 23.5 Å². The van der Waals surface area contributed by atoms with E-state index in [1.165, 1.54) is 6.92 Å². The molecule has 7 heteroatoms. The van der Waals surface area contributed by atoms with Gasteiger partial charge in [0.1, 0.15) is 11.0 Å². The van der Waals surface area contributed by atoms with E-state index in [-0.39, 0.29) is 18.0 Å². The molecule has 1 saturated carbocycles. The number of ketones is 2. The zero-order valence-electron chi connectivity index (χ0n) is 7.47. The van der Waals surface area contributed by atoms with Crippen LogP contribution in [0.3, 0.4) is 0 Å². The van der Waals surface area contributed by atoms with Gasteiger partial charge in [-0.1, -0.05) is 0 Å². The molecule has 1 rings (SSSR count). The molecule has 0 aromatic heterocycles. The number of hydrogen-bond donors (Lipinski definition) is 1. The van der Waals surface area contributed by atoms with Gasteiger partial charge in [0.25, 0.3) is 0 Å². The summed E-state index contributed by atoms with van der Waals surface area (Å²) in [6.45, 7) is 1.41.